The van der Waals surface area contributed by atoms with Crippen molar-refractivity contribution >= 4 is 5.95 Å². The highest BCUT2D eigenvalue weighted by molar-refractivity contribution is 5.77. The third-order valence-electron chi connectivity index (χ3n) is 6.24. The molecule has 0 amide bonds. The Labute approximate surface area is 208 Å². The van der Waals surface area contributed by atoms with E-state index in [1.807, 2.05) is 0 Å². The number of aromatic amines is 1. The molecule has 192 valence electrons. The third kappa shape index (κ3) is 6.05. The molecule has 36 heavy (non-hydrogen) atoms. The van der Waals surface area contributed by atoms with Gasteiger partial charge in [-0.15, -0.1) is 0 Å². The van der Waals surface area contributed by atoms with Gasteiger partial charge in [0.05, 0.1) is 50.1 Å². The number of hydrogen-bond acceptors (Lipinski definition) is 9. The van der Waals surface area contributed by atoms with Crippen LogP contribution in [0, 0.1) is 11.7 Å². The van der Waals surface area contributed by atoms with Crippen molar-refractivity contribution in [2.75, 3.05) is 64.5 Å². The molecule has 1 aromatic carbocycles. The van der Waals surface area contributed by atoms with Gasteiger partial charge in [0.1, 0.15) is 5.82 Å². The number of imidazole rings is 1. The Balaban J connectivity index is 1.33. The minimum atomic E-state index is -0.694. The van der Waals surface area contributed by atoms with Gasteiger partial charge in [-0.25, -0.2) is 19.3 Å². The Morgan fingerprint density at radius 3 is 2.61 bits per heavy atom. The quantitative estimate of drug-likeness (QED) is 0.383. The number of aromatic nitrogens is 4. The zero-order valence-corrected chi connectivity index (χ0v) is 20.0. The maximum absolute atomic E-state index is 13.6. The molecular weight excluding hydrogens is 467 g/mol. The molecule has 0 aliphatic carbocycles. The predicted octanol–water partition coefficient (Wildman–Crippen LogP) is 2.46. The van der Waals surface area contributed by atoms with E-state index in [0.717, 1.165) is 51.4 Å². The van der Waals surface area contributed by atoms with E-state index in [1.54, 1.807) is 24.4 Å². The first-order valence-corrected chi connectivity index (χ1v) is 12.3. The lowest BCUT2D eigenvalue weighted by Crippen LogP contribution is -2.37. The molecule has 0 unspecified atom stereocenters. The van der Waals surface area contributed by atoms with Crippen molar-refractivity contribution in [3.63, 3.8) is 0 Å². The first-order chi connectivity index (χ1) is 17.7. The number of aliphatic hydroxyl groups is 1. The zero-order valence-electron chi connectivity index (χ0n) is 20.0. The topological polar surface area (TPSA) is 118 Å². The monoisotopic (exact) mass is 498 g/mol. The maximum Gasteiger partial charge on any atom is 0.223 e. The van der Waals surface area contributed by atoms with Crippen molar-refractivity contribution in [3.05, 3.63) is 48.2 Å². The third-order valence-corrected chi connectivity index (χ3v) is 6.24. The van der Waals surface area contributed by atoms with Crippen LogP contribution in [0.4, 0.5) is 10.3 Å². The lowest BCUT2D eigenvalue weighted by atomic mass is 10.1. The van der Waals surface area contributed by atoms with Crippen LogP contribution in [0.1, 0.15) is 18.5 Å². The lowest BCUT2D eigenvalue weighted by molar-refractivity contribution is -0.213. The van der Waals surface area contributed by atoms with Gasteiger partial charge in [-0.05, 0) is 43.3 Å². The summed E-state index contributed by atoms with van der Waals surface area (Å²) in [7, 11) is 0. The number of nitrogens with zero attached hydrogens (tertiary/aromatic N) is 4. The van der Waals surface area contributed by atoms with Crippen molar-refractivity contribution in [1.29, 1.82) is 0 Å². The maximum atomic E-state index is 13.6. The fourth-order valence-electron chi connectivity index (χ4n) is 4.22. The Hall–Kier alpha value is -2.96. The molecule has 2 aromatic heterocycles. The van der Waals surface area contributed by atoms with Crippen LogP contribution in [0.15, 0.2) is 36.5 Å². The van der Waals surface area contributed by atoms with Crippen LogP contribution in [0.2, 0.25) is 0 Å². The summed E-state index contributed by atoms with van der Waals surface area (Å²) in [5.41, 5.74) is 2.64. The van der Waals surface area contributed by atoms with Crippen molar-refractivity contribution in [2.24, 2.45) is 5.92 Å². The van der Waals surface area contributed by atoms with Crippen molar-refractivity contribution in [2.45, 2.75) is 12.7 Å². The fraction of sp³-hybridized carbons (Fsp3) is 0.480. The molecule has 2 aliphatic rings. The summed E-state index contributed by atoms with van der Waals surface area (Å²) in [6.07, 6.45) is 1.97. The largest absolute Gasteiger partial charge is 0.396 e. The van der Waals surface area contributed by atoms with Gasteiger partial charge >= 0.3 is 0 Å². The summed E-state index contributed by atoms with van der Waals surface area (Å²) in [4.78, 5) is 19.5. The van der Waals surface area contributed by atoms with E-state index in [9.17, 15) is 9.50 Å². The van der Waals surface area contributed by atoms with Crippen LogP contribution in [-0.4, -0.2) is 89.2 Å². The van der Waals surface area contributed by atoms with Crippen LogP contribution in [-0.2, 0) is 14.2 Å². The SMILES string of the molecule is OCC1COC(c2nc(-c3ccc(F)cc3)c(-c3ccnc(NCCCN4CCOCC4)n3)[nH]2)OC1. The van der Waals surface area contributed by atoms with E-state index >= 15 is 0 Å². The van der Waals surface area contributed by atoms with Gasteiger partial charge in [0, 0.05) is 37.3 Å². The number of aliphatic hydroxyl groups excluding tert-OH is 1. The van der Waals surface area contributed by atoms with Gasteiger partial charge in [-0.2, -0.15) is 0 Å². The molecule has 3 aromatic rings. The highest BCUT2D eigenvalue weighted by Gasteiger charge is 2.27. The molecule has 10 nitrogen and oxygen atoms in total. The number of H-pyrrole nitrogens is 1. The number of rotatable bonds is 9. The molecule has 0 saturated carbocycles. The average molecular weight is 499 g/mol. The zero-order chi connectivity index (χ0) is 24.7. The normalized spacial score (nSPS) is 20.9. The van der Waals surface area contributed by atoms with Gasteiger partial charge in [-0.3, -0.25) is 4.90 Å². The first kappa shape index (κ1) is 24.7. The van der Waals surface area contributed by atoms with E-state index in [1.165, 1.54) is 12.1 Å². The minimum Gasteiger partial charge on any atom is -0.396 e. The van der Waals surface area contributed by atoms with Gasteiger partial charge in [-0.1, -0.05) is 0 Å². The summed E-state index contributed by atoms with van der Waals surface area (Å²) in [5.74, 6) is 0.618. The summed E-state index contributed by atoms with van der Waals surface area (Å²) < 4.78 is 30.5. The average Bonchev–Trinajstić information content (AvgIpc) is 3.38. The van der Waals surface area contributed by atoms with Crippen molar-refractivity contribution < 1.29 is 23.7 Å². The van der Waals surface area contributed by atoms with E-state index in [0.29, 0.717) is 42.1 Å². The number of nitrogens with one attached hydrogen (secondary N) is 2. The van der Waals surface area contributed by atoms with E-state index < -0.39 is 6.29 Å². The number of halogens is 1. The first-order valence-electron chi connectivity index (χ1n) is 12.3. The molecule has 11 heteroatoms. The molecule has 0 bridgehead atoms. The van der Waals surface area contributed by atoms with Gasteiger partial charge in [0.25, 0.3) is 0 Å². The second-order valence-corrected chi connectivity index (χ2v) is 8.90. The highest BCUT2D eigenvalue weighted by Crippen LogP contribution is 2.33. The van der Waals surface area contributed by atoms with Gasteiger partial charge < -0.3 is 29.6 Å². The fourth-order valence-corrected chi connectivity index (χ4v) is 4.22. The molecule has 4 heterocycles. The predicted molar refractivity (Wildman–Crippen MR) is 131 cm³/mol. The van der Waals surface area contributed by atoms with Gasteiger partial charge in [0.2, 0.25) is 12.2 Å². The Bertz CT molecular complexity index is 1110. The van der Waals surface area contributed by atoms with Crippen LogP contribution < -0.4 is 5.32 Å². The molecule has 5 rings (SSSR count). The molecule has 0 spiro atoms. The second kappa shape index (κ2) is 11.8. The number of hydrogen-bond donors (Lipinski definition) is 3. The molecule has 3 N–H and O–H groups in total. The molecular formula is C25H31FN6O4. The van der Waals surface area contributed by atoms with Gasteiger partial charge in [0.15, 0.2) is 5.82 Å². The highest BCUT2D eigenvalue weighted by atomic mass is 19.1. The molecule has 2 fully saturated rings. The second-order valence-electron chi connectivity index (χ2n) is 8.90. The number of ether oxygens (including phenoxy) is 3. The molecule has 2 aliphatic heterocycles. The molecule has 0 radical (unpaired) electrons. The van der Waals surface area contributed by atoms with Crippen molar-refractivity contribution in [3.8, 4) is 22.6 Å². The van der Waals surface area contributed by atoms with Crippen LogP contribution >= 0.6 is 0 Å². The summed E-state index contributed by atoms with van der Waals surface area (Å²) in [5, 5.41) is 12.6. The number of anilines is 1. The number of morpholine rings is 1. The van der Waals surface area contributed by atoms with Crippen LogP contribution in [0.5, 0.6) is 0 Å². The van der Waals surface area contributed by atoms with Crippen LogP contribution in [0.25, 0.3) is 22.6 Å². The Morgan fingerprint density at radius 2 is 1.86 bits per heavy atom. The van der Waals surface area contributed by atoms with E-state index in [2.05, 4.69) is 20.2 Å². The van der Waals surface area contributed by atoms with E-state index in [4.69, 9.17) is 24.2 Å². The molecule has 0 atom stereocenters. The smallest absolute Gasteiger partial charge is 0.223 e. The molecule has 2 saturated heterocycles. The summed E-state index contributed by atoms with van der Waals surface area (Å²) in [6.45, 7) is 6.00. The van der Waals surface area contributed by atoms with Crippen molar-refractivity contribution in [1.82, 2.24) is 24.8 Å². The Kier molecular flexibility index (Phi) is 8.14. The number of benzene rings is 1. The van der Waals surface area contributed by atoms with E-state index in [-0.39, 0.29) is 18.3 Å². The van der Waals surface area contributed by atoms with Crippen LogP contribution in [0.3, 0.4) is 0 Å². The standard InChI is InChI=1S/C25H31FN6O4/c26-19-4-2-18(3-5-19)21-22(31-23(30-21)24-35-15-17(14-33)16-36-24)20-6-8-28-25(29-20)27-7-1-9-32-10-12-34-13-11-32/h2-6,8,17,24,33H,1,7,9-16H2,(H,30,31)(H,27,28,29). The summed E-state index contributed by atoms with van der Waals surface area (Å²) in [6, 6.07) is 7.95. The Morgan fingerprint density at radius 1 is 1.08 bits per heavy atom. The lowest BCUT2D eigenvalue weighted by Gasteiger charge is -2.26. The minimum absolute atomic E-state index is 0.000112. The summed E-state index contributed by atoms with van der Waals surface area (Å²) >= 11 is 0.